The van der Waals surface area contributed by atoms with Crippen LogP contribution < -0.4 is 10.1 Å². The van der Waals surface area contributed by atoms with E-state index in [4.69, 9.17) is 4.74 Å². The predicted molar refractivity (Wildman–Crippen MR) is 117 cm³/mol. The Morgan fingerprint density at radius 3 is 2.59 bits per heavy atom. The van der Waals surface area contributed by atoms with E-state index in [0.29, 0.717) is 16.7 Å². The van der Waals surface area contributed by atoms with Gasteiger partial charge in [-0.3, -0.25) is 14.3 Å². The molecular formula is C22H17F2N5O2S. The molecule has 0 aliphatic carbocycles. The summed E-state index contributed by atoms with van der Waals surface area (Å²) in [5.41, 5.74) is 1.70. The quantitative estimate of drug-likeness (QED) is 0.419. The molecule has 0 unspecified atom stereocenters. The minimum atomic E-state index is -1.03. The molecular weight excluding hydrogens is 436 g/mol. The van der Waals surface area contributed by atoms with Crippen molar-refractivity contribution < 1.29 is 18.3 Å². The first kappa shape index (κ1) is 21.4. The Hall–Kier alpha value is -3.79. The zero-order valence-corrected chi connectivity index (χ0v) is 17.6. The predicted octanol–water partition coefficient (Wildman–Crippen LogP) is 4.35. The third-order valence-corrected chi connectivity index (χ3v) is 5.35. The highest BCUT2D eigenvalue weighted by atomic mass is 32.2. The monoisotopic (exact) mass is 453 g/mol. The van der Waals surface area contributed by atoms with Gasteiger partial charge in [0.2, 0.25) is 5.91 Å². The summed E-state index contributed by atoms with van der Waals surface area (Å²) in [6.45, 7) is 0. The van der Waals surface area contributed by atoms with Gasteiger partial charge in [-0.05, 0) is 48.5 Å². The number of nitrogens with zero attached hydrogens (tertiary/aromatic N) is 4. The van der Waals surface area contributed by atoms with E-state index in [-0.39, 0.29) is 11.4 Å². The number of carbonyl (C=O) groups excluding carboxylic acids is 1. The zero-order valence-electron chi connectivity index (χ0n) is 16.8. The topological polar surface area (TPSA) is 81.9 Å². The smallest absolute Gasteiger partial charge is 0.234 e. The second kappa shape index (κ2) is 9.56. The second-order valence-electron chi connectivity index (χ2n) is 6.55. The molecule has 0 fully saturated rings. The van der Waals surface area contributed by atoms with Crippen molar-refractivity contribution in [2.24, 2.45) is 0 Å². The Bertz CT molecular complexity index is 1230. The number of anilines is 1. The number of ether oxygens (including phenoxy) is 1. The summed E-state index contributed by atoms with van der Waals surface area (Å²) >= 11 is 1.16. The minimum Gasteiger partial charge on any atom is -0.497 e. The van der Waals surface area contributed by atoms with Crippen molar-refractivity contribution in [3.63, 3.8) is 0 Å². The zero-order chi connectivity index (χ0) is 22.5. The Labute approximate surface area is 186 Å². The number of rotatable bonds is 7. The van der Waals surface area contributed by atoms with Crippen LogP contribution >= 0.6 is 11.8 Å². The van der Waals surface area contributed by atoms with Crippen LogP contribution in [0.25, 0.3) is 17.1 Å². The number of hydrogen-bond donors (Lipinski definition) is 1. The SMILES string of the molecule is COc1ccc(-n2c(SCC(=O)Nc3ccc(F)c(F)c3)nnc2-c2cccnc2)cc1. The lowest BCUT2D eigenvalue weighted by molar-refractivity contribution is -0.113. The molecule has 4 rings (SSSR count). The van der Waals surface area contributed by atoms with Crippen LogP contribution in [0, 0.1) is 11.6 Å². The average molecular weight is 453 g/mol. The lowest BCUT2D eigenvalue weighted by atomic mass is 10.2. The number of thioether (sulfide) groups is 1. The maximum atomic E-state index is 13.4. The van der Waals surface area contributed by atoms with Gasteiger partial charge in [-0.25, -0.2) is 8.78 Å². The molecule has 0 atom stereocenters. The molecule has 32 heavy (non-hydrogen) atoms. The molecule has 0 saturated heterocycles. The van der Waals surface area contributed by atoms with Crippen molar-refractivity contribution in [3.05, 3.63) is 78.6 Å². The first-order valence-corrected chi connectivity index (χ1v) is 10.4. The van der Waals surface area contributed by atoms with Crippen LogP contribution in [0.1, 0.15) is 0 Å². The van der Waals surface area contributed by atoms with Gasteiger partial charge in [0.25, 0.3) is 0 Å². The Morgan fingerprint density at radius 2 is 1.91 bits per heavy atom. The van der Waals surface area contributed by atoms with Crippen LogP contribution in [0.4, 0.5) is 14.5 Å². The largest absolute Gasteiger partial charge is 0.497 e. The number of carbonyl (C=O) groups is 1. The van der Waals surface area contributed by atoms with Crippen LogP contribution in [0.15, 0.2) is 72.1 Å². The van der Waals surface area contributed by atoms with Crippen LogP contribution in [0.5, 0.6) is 5.75 Å². The normalized spacial score (nSPS) is 10.7. The molecule has 1 N–H and O–H groups in total. The van der Waals surface area contributed by atoms with Crippen LogP contribution in [-0.2, 0) is 4.79 Å². The number of halogens is 2. The highest BCUT2D eigenvalue weighted by Crippen LogP contribution is 2.28. The van der Waals surface area contributed by atoms with Gasteiger partial charge in [0.1, 0.15) is 5.75 Å². The third-order valence-electron chi connectivity index (χ3n) is 4.42. The maximum Gasteiger partial charge on any atom is 0.234 e. The van der Waals surface area contributed by atoms with Crippen molar-refractivity contribution in [1.82, 2.24) is 19.7 Å². The van der Waals surface area contributed by atoms with Crippen molar-refractivity contribution in [1.29, 1.82) is 0 Å². The summed E-state index contributed by atoms with van der Waals surface area (Å²) in [5.74, 6) is -1.16. The first-order valence-electron chi connectivity index (χ1n) is 9.43. The van der Waals surface area contributed by atoms with Gasteiger partial charge in [0, 0.05) is 35.4 Å². The summed E-state index contributed by atoms with van der Waals surface area (Å²) in [6.07, 6.45) is 3.34. The summed E-state index contributed by atoms with van der Waals surface area (Å²) in [5, 5.41) is 11.6. The van der Waals surface area contributed by atoms with Gasteiger partial charge in [-0.2, -0.15) is 0 Å². The van der Waals surface area contributed by atoms with E-state index in [1.807, 2.05) is 34.9 Å². The van der Waals surface area contributed by atoms with Crippen molar-refractivity contribution >= 4 is 23.4 Å². The molecule has 0 aliphatic rings. The summed E-state index contributed by atoms with van der Waals surface area (Å²) < 4.78 is 33.5. The Balaban J connectivity index is 1.58. The maximum absolute atomic E-state index is 13.4. The molecule has 2 aromatic heterocycles. The van der Waals surface area contributed by atoms with Crippen LogP contribution in [0.2, 0.25) is 0 Å². The van der Waals surface area contributed by atoms with Gasteiger partial charge >= 0.3 is 0 Å². The third kappa shape index (κ3) is 4.75. The molecule has 7 nitrogen and oxygen atoms in total. The number of benzene rings is 2. The molecule has 0 saturated carbocycles. The summed E-state index contributed by atoms with van der Waals surface area (Å²) in [6, 6.07) is 14.2. The van der Waals surface area contributed by atoms with E-state index in [9.17, 15) is 13.6 Å². The van der Waals surface area contributed by atoms with Gasteiger partial charge in [-0.1, -0.05) is 11.8 Å². The number of methoxy groups -OCH3 is 1. The average Bonchev–Trinajstić information content (AvgIpc) is 3.25. The molecule has 0 spiro atoms. The standard InChI is InChI=1S/C22H17F2N5O2S/c1-31-17-7-5-16(6-8-17)29-21(14-3-2-10-25-12-14)27-28-22(29)32-13-20(30)26-15-4-9-18(23)19(24)11-15/h2-12H,13H2,1H3,(H,26,30). The fourth-order valence-electron chi connectivity index (χ4n) is 2.91. The van der Waals surface area contributed by atoms with E-state index in [0.717, 1.165) is 35.1 Å². The Kier molecular flexibility index (Phi) is 6.41. The summed E-state index contributed by atoms with van der Waals surface area (Å²) in [7, 11) is 1.59. The molecule has 162 valence electrons. The molecule has 10 heteroatoms. The van der Waals surface area contributed by atoms with E-state index in [1.54, 1.807) is 25.6 Å². The van der Waals surface area contributed by atoms with Crippen molar-refractivity contribution in [2.45, 2.75) is 5.16 Å². The summed E-state index contributed by atoms with van der Waals surface area (Å²) in [4.78, 5) is 16.5. The highest BCUT2D eigenvalue weighted by Gasteiger charge is 2.18. The fraction of sp³-hybridized carbons (Fsp3) is 0.0909. The number of aromatic nitrogens is 4. The molecule has 2 aromatic carbocycles. The van der Waals surface area contributed by atoms with Crippen LogP contribution in [0.3, 0.4) is 0 Å². The molecule has 0 radical (unpaired) electrons. The van der Waals surface area contributed by atoms with Gasteiger partial charge in [0.05, 0.1) is 12.9 Å². The van der Waals surface area contributed by atoms with Crippen molar-refractivity contribution in [2.75, 3.05) is 18.2 Å². The molecule has 4 aromatic rings. The fourth-order valence-corrected chi connectivity index (χ4v) is 3.66. The minimum absolute atomic E-state index is 0.0136. The van der Waals surface area contributed by atoms with Crippen LogP contribution in [-0.4, -0.2) is 38.5 Å². The molecule has 0 aliphatic heterocycles. The number of amides is 1. The lowest BCUT2D eigenvalue weighted by Crippen LogP contribution is -2.15. The molecule has 1 amide bonds. The van der Waals surface area contributed by atoms with E-state index >= 15 is 0 Å². The van der Waals surface area contributed by atoms with E-state index in [1.165, 1.54) is 6.07 Å². The lowest BCUT2D eigenvalue weighted by Gasteiger charge is -2.11. The van der Waals surface area contributed by atoms with Crippen molar-refractivity contribution in [3.8, 4) is 22.8 Å². The van der Waals surface area contributed by atoms with E-state index < -0.39 is 17.5 Å². The first-order chi connectivity index (χ1) is 15.5. The molecule has 2 heterocycles. The number of pyridine rings is 1. The van der Waals surface area contributed by atoms with Gasteiger partial charge in [0.15, 0.2) is 22.6 Å². The Morgan fingerprint density at radius 1 is 1.09 bits per heavy atom. The van der Waals surface area contributed by atoms with Gasteiger partial charge < -0.3 is 10.1 Å². The second-order valence-corrected chi connectivity index (χ2v) is 7.49. The number of hydrogen-bond acceptors (Lipinski definition) is 6. The molecule has 0 bridgehead atoms. The number of nitrogens with one attached hydrogen (secondary N) is 1. The highest BCUT2D eigenvalue weighted by molar-refractivity contribution is 7.99. The van der Waals surface area contributed by atoms with Gasteiger partial charge in [-0.15, -0.1) is 10.2 Å². The van der Waals surface area contributed by atoms with E-state index in [2.05, 4.69) is 20.5 Å².